The van der Waals surface area contributed by atoms with Crippen LogP contribution in [0, 0.1) is 6.92 Å². The van der Waals surface area contributed by atoms with Crippen molar-refractivity contribution in [3.8, 4) is 0 Å². The molecule has 1 aliphatic heterocycles. The Morgan fingerprint density at radius 1 is 1.05 bits per heavy atom. The number of hydrogen-bond acceptors (Lipinski definition) is 3. The molecule has 0 aromatic heterocycles. The number of nitrogens with one attached hydrogen (secondary N) is 1. The minimum absolute atomic E-state index is 0.277. The van der Waals surface area contributed by atoms with Crippen molar-refractivity contribution in [2.24, 2.45) is 4.99 Å². The smallest absolute Gasteiger partial charge is 0.161 e. The van der Waals surface area contributed by atoms with Crippen LogP contribution in [0.25, 0.3) is 0 Å². The molecule has 0 bridgehead atoms. The lowest BCUT2D eigenvalue weighted by Crippen LogP contribution is -2.04. The minimum Gasteiger partial charge on any atom is -0.335 e. The van der Waals surface area contributed by atoms with Crippen LogP contribution >= 0.6 is 11.8 Å². The minimum atomic E-state index is 0.277. The fraction of sp³-hybridized carbons (Fsp3) is 0.188. The third-order valence-corrected chi connectivity index (χ3v) is 4.10. The van der Waals surface area contributed by atoms with E-state index >= 15 is 0 Å². The van der Waals surface area contributed by atoms with Gasteiger partial charge in [0.15, 0.2) is 5.17 Å². The van der Waals surface area contributed by atoms with Crippen molar-refractivity contribution >= 4 is 22.6 Å². The molecule has 1 unspecified atom stereocenters. The van der Waals surface area contributed by atoms with Gasteiger partial charge in [0.2, 0.25) is 0 Å². The van der Waals surface area contributed by atoms with E-state index in [2.05, 4.69) is 60.8 Å². The molecule has 0 spiro atoms. The molecule has 3 rings (SSSR count). The Balaban J connectivity index is 1.72. The van der Waals surface area contributed by atoms with Crippen molar-refractivity contribution in [1.82, 2.24) is 0 Å². The first-order valence-corrected chi connectivity index (χ1v) is 7.39. The second-order valence-corrected chi connectivity index (χ2v) is 5.67. The summed E-state index contributed by atoms with van der Waals surface area (Å²) in [5.41, 5.74) is 3.66. The first-order valence-electron chi connectivity index (χ1n) is 6.40. The molecule has 1 N–H and O–H groups in total. The largest absolute Gasteiger partial charge is 0.335 e. The zero-order valence-electron chi connectivity index (χ0n) is 10.8. The molecule has 0 aliphatic carbocycles. The molecule has 0 saturated heterocycles. The van der Waals surface area contributed by atoms with E-state index in [9.17, 15) is 0 Å². The van der Waals surface area contributed by atoms with E-state index in [0.717, 1.165) is 16.6 Å². The average Bonchev–Trinajstić information content (AvgIpc) is 2.91. The number of rotatable bonds is 2. The van der Waals surface area contributed by atoms with Crippen LogP contribution in [0.5, 0.6) is 0 Å². The van der Waals surface area contributed by atoms with Gasteiger partial charge in [-0.25, -0.2) is 0 Å². The van der Waals surface area contributed by atoms with E-state index in [1.54, 1.807) is 11.8 Å². The fourth-order valence-corrected chi connectivity index (χ4v) is 3.02. The molecule has 1 atom stereocenters. The summed E-state index contributed by atoms with van der Waals surface area (Å²) in [7, 11) is 0. The van der Waals surface area contributed by atoms with Crippen LogP contribution in [0.2, 0.25) is 0 Å². The highest BCUT2D eigenvalue weighted by Crippen LogP contribution is 2.30. The van der Waals surface area contributed by atoms with E-state index in [1.807, 2.05) is 6.07 Å². The van der Waals surface area contributed by atoms with Gasteiger partial charge in [0.05, 0.1) is 6.04 Å². The summed E-state index contributed by atoms with van der Waals surface area (Å²) in [5.74, 6) is 1.01. The lowest BCUT2D eigenvalue weighted by atomic mass is 10.1. The number of thioether (sulfide) groups is 1. The Labute approximate surface area is 118 Å². The second kappa shape index (κ2) is 5.49. The lowest BCUT2D eigenvalue weighted by Gasteiger charge is -2.05. The Kier molecular flexibility index (Phi) is 3.56. The van der Waals surface area contributed by atoms with Crippen molar-refractivity contribution in [3.63, 3.8) is 0 Å². The number of aliphatic imine (C=N–C) groups is 1. The van der Waals surface area contributed by atoms with Crippen LogP contribution in [-0.2, 0) is 0 Å². The number of benzene rings is 2. The van der Waals surface area contributed by atoms with Gasteiger partial charge >= 0.3 is 0 Å². The molecule has 2 nitrogen and oxygen atoms in total. The summed E-state index contributed by atoms with van der Waals surface area (Å²) in [4.78, 5) is 4.74. The Bertz CT molecular complexity index is 575. The third kappa shape index (κ3) is 2.99. The maximum atomic E-state index is 4.74. The van der Waals surface area contributed by atoms with Gasteiger partial charge in [0.25, 0.3) is 0 Å². The van der Waals surface area contributed by atoms with E-state index in [0.29, 0.717) is 0 Å². The van der Waals surface area contributed by atoms with Gasteiger partial charge in [-0.1, -0.05) is 59.8 Å². The SMILES string of the molecule is Cc1ccc(NC2=NC(c3ccccc3)CS2)cc1. The van der Waals surface area contributed by atoms with Gasteiger partial charge in [0.1, 0.15) is 0 Å². The van der Waals surface area contributed by atoms with Crippen LogP contribution < -0.4 is 5.32 Å². The van der Waals surface area contributed by atoms with Crippen LogP contribution in [0.4, 0.5) is 5.69 Å². The normalized spacial score (nSPS) is 18.2. The molecule has 1 aliphatic rings. The molecule has 0 fully saturated rings. The zero-order valence-corrected chi connectivity index (χ0v) is 11.7. The molecule has 0 radical (unpaired) electrons. The molecular formula is C16H16N2S. The standard InChI is InChI=1S/C16H16N2S/c1-12-7-9-14(10-8-12)17-16-18-15(11-19-16)13-5-3-2-4-6-13/h2-10,15H,11H2,1H3,(H,17,18). The van der Waals surface area contributed by atoms with Crippen molar-refractivity contribution in [1.29, 1.82) is 0 Å². The molecule has 96 valence electrons. The number of hydrogen-bond donors (Lipinski definition) is 1. The molecule has 2 aromatic rings. The first-order chi connectivity index (χ1) is 9.31. The van der Waals surface area contributed by atoms with Gasteiger partial charge in [0, 0.05) is 11.4 Å². The summed E-state index contributed by atoms with van der Waals surface area (Å²) in [6.45, 7) is 2.09. The van der Waals surface area contributed by atoms with E-state index in [-0.39, 0.29) is 6.04 Å². The van der Waals surface area contributed by atoms with Crippen molar-refractivity contribution in [2.75, 3.05) is 11.1 Å². The first kappa shape index (κ1) is 12.3. The van der Waals surface area contributed by atoms with Crippen molar-refractivity contribution in [2.45, 2.75) is 13.0 Å². The van der Waals surface area contributed by atoms with Gasteiger partial charge in [-0.15, -0.1) is 0 Å². The van der Waals surface area contributed by atoms with Crippen molar-refractivity contribution < 1.29 is 0 Å². The summed E-state index contributed by atoms with van der Waals surface area (Å²) in [5, 5.41) is 4.39. The highest BCUT2D eigenvalue weighted by atomic mass is 32.2. The van der Waals surface area contributed by atoms with Gasteiger partial charge < -0.3 is 5.32 Å². The Hall–Kier alpha value is -1.74. The topological polar surface area (TPSA) is 24.4 Å². The quantitative estimate of drug-likeness (QED) is 0.880. The number of amidine groups is 1. The van der Waals surface area contributed by atoms with Crippen LogP contribution in [0.3, 0.4) is 0 Å². The summed E-state index contributed by atoms with van der Waals surface area (Å²) >= 11 is 1.78. The van der Waals surface area contributed by atoms with Crippen LogP contribution in [0.15, 0.2) is 59.6 Å². The number of nitrogens with zero attached hydrogens (tertiary/aromatic N) is 1. The fourth-order valence-electron chi connectivity index (χ4n) is 2.05. The van der Waals surface area contributed by atoms with Crippen LogP contribution in [-0.4, -0.2) is 10.9 Å². The lowest BCUT2D eigenvalue weighted by molar-refractivity contribution is 0.849. The van der Waals surface area contributed by atoms with Crippen LogP contribution in [0.1, 0.15) is 17.2 Å². The molecule has 0 amide bonds. The molecule has 0 saturated carbocycles. The van der Waals surface area contributed by atoms with Gasteiger partial charge in [-0.05, 0) is 24.6 Å². The monoisotopic (exact) mass is 268 g/mol. The van der Waals surface area contributed by atoms with Gasteiger partial charge in [-0.3, -0.25) is 4.99 Å². The zero-order chi connectivity index (χ0) is 13.1. The molecule has 19 heavy (non-hydrogen) atoms. The molecule has 2 aromatic carbocycles. The maximum absolute atomic E-state index is 4.74. The predicted octanol–water partition coefficient (Wildman–Crippen LogP) is 4.25. The highest BCUT2D eigenvalue weighted by Gasteiger charge is 2.19. The highest BCUT2D eigenvalue weighted by molar-refractivity contribution is 8.14. The predicted molar refractivity (Wildman–Crippen MR) is 83.9 cm³/mol. The van der Waals surface area contributed by atoms with E-state index < -0.39 is 0 Å². The Morgan fingerprint density at radius 2 is 1.79 bits per heavy atom. The Morgan fingerprint density at radius 3 is 2.53 bits per heavy atom. The molecular weight excluding hydrogens is 252 g/mol. The number of aryl methyl sites for hydroxylation is 1. The van der Waals surface area contributed by atoms with Gasteiger partial charge in [-0.2, -0.15) is 0 Å². The average molecular weight is 268 g/mol. The summed E-state index contributed by atoms with van der Waals surface area (Å²) < 4.78 is 0. The number of anilines is 1. The third-order valence-electron chi connectivity index (χ3n) is 3.14. The summed E-state index contributed by atoms with van der Waals surface area (Å²) in [6, 6.07) is 19.1. The maximum Gasteiger partial charge on any atom is 0.161 e. The summed E-state index contributed by atoms with van der Waals surface area (Å²) in [6.07, 6.45) is 0. The molecule has 1 heterocycles. The van der Waals surface area contributed by atoms with E-state index in [1.165, 1.54) is 11.1 Å². The second-order valence-electron chi connectivity index (χ2n) is 4.66. The van der Waals surface area contributed by atoms with E-state index in [4.69, 9.17) is 4.99 Å². The molecule has 3 heteroatoms. The van der Waals surface area contributed by atoms with Crippen molar-refractivity contribution in [3.05, 3.63) is 65.7 Å².